The van der Waals surface area contributed by atoms with Gasteiger partial charge in [0.05, 0.1) is 6.54 Å². The van der Waals surface area contributed by atoms with Crippen LogP contribution >= 0.6 is 0 Å². The van der Waals surface area contributed by atoms with Gasteiger partial charge in [-0.15, -0.1) is 0 Å². The van der Waals surface area contributed by atoms with Crippen LogP contribution in [0.3, 0.4) is 0 Å². The minimum Gasteiger partial charge on any atom is -0.392 e. The average Bonchev–Trinajstić information content (AvgIpc) is 2.37. The number of ether oxygens (including phenoxy) is 1. The number of carbonyl (C=O) groups is 2. The standard InChI is InChI=1S/C15H29NO3.Li/c1-3-4-5-6-7-8-9-10-11-12-14(17)19-15(18)13-16-2;/h16H,3-13H2,1-2H3;. The Kier molecular flexibility index (Phi) is 18.4. The van der Waals surface area contributed by atoms with E-state index in [-0.39, 0.29) is 25.4 Å². The molecule has 0 aliphatic heterocycles. The molecule has 0 rings (SSSR count). The largest absolute Gasteiger partial charge is 0.392 e. The van der Waals surface area contributed by atoms with E-state index in [9.17, 15) is 9.59 Å². The van der Waals surface area contributed by atoms with E-state index in [0.29, 0.717) is 6.42 Å². The molecule has 0 bridgehead atoms. The summed E-state index contributed by atoms with van der Waals surface area (Å²) >= 11 is 0. The molecule has 0 saturated heterocycles. The van der Waals surface area contributed by atoms with Gasteiger partial charge in [-0.2, -0.15) is 0 Å². The van der Waals surface area contributed by atoms with Crippen molar-refractivity contribution in [3.05, 3.63) is 0 Å². The van der Waals surface area contributed by atoms with Crippen molar-refractivity contribution in [3.8, 4) is 0 Å². The molecule has 1 radical (unpaired) electrons. The summed E-state index contributed by atoms with van der Waals surface area (Å²) in [5, 5.41) is 2.65. The van der Waals surface area contributed by atoms with Gasteiger partial charge in [0.15, 0.2) is 0 Å². The Morgan fingerprint density at radius 3 is 1.85 bits per heavy atom. The first-order valence-electron chi connectivity index (χ1n) is 7.58. The Morgan fingerprint density at radius 2 is 1.35 bits per heavy atom. The number of likely N-dealkylation sites (N-methyl/N-ethyl adjacent to an activating group) is 1. The Labute approximate surface area is 135 Å². The average molecular weight is 278 g/mol. The topological polar surface area (TPSA) is 55.4 Å². The van der Waals surface area contributed by atoms with Crippen molar-refractivity contribution in [2.45, 2.75) is 71.1 Å². The molecule has 0 heterocycles. The van der Waals surface area contributed by atoms with Crippen molar-refractivity contribution in [1.82, 2.24) is 5.32 Å². The Balaban J connectivity index is 0. The summed E-state index contributed by atoms with van der Waals surface area (Å²) in [6.07, 6.45) is 11.2. The Morgan fingerprint density at radius 1 is 0.850 bits per heavy atom. The van der Waals surface area contributed by atoms with Crippen LogP contribution in [0.4, 0.5) is 0 Å². The number of carbonyl (C=O) groups excluding carboxylic acids is 2. The molecule has 0 spiro atoms. The van der Waals surface area contributed by atoms with Crippen molar-refractivity contribution in [2.75, 3.05) is 13.6 Å². The van der Waals surface area contributed by atoms with Crippen molar-refractivity contribution < 1.29 is 14.3 Å². The van der Waals surface area contributed by atoms with E-state index in [1.807, 2.05) is 0 Å². The van der Waals surface area contributed by atoms with Crippen LogP contribution in [0, 0.1) is 0 Å². The number of hydrogen-bond acceptors (Lipinski definition) is 4. The predicted octanol–water partition coefficient (Wildman–Crippen LogP) is 2.82. The maximum absolute atomic E-state index is 11.3. The number of hydrogen-bond donors (Lipinski definition) is 1. The van der Waals surface area contributed by atoms with Gasteiger partial charge in [-0.05, 0) is 13.5 Å². The van der Waals surface area contributed by atoms with Crippen LogP contribution in [-0.2, 0) is 14.3 Å². The van der Waals surface area contributed by atoms with Gasteiger partial charge in [-0.25, -0.2) is 0 Å². The molecule has 113 valence electrons. The van der Waals surface area contributed by atoms with E-state index in [4.69, 9.17) is 0 Å². The normalized spacial score (nSPS) is 9.90. The second kappa shape index (κ2) is 16.8. The molecule has 0 aliphatic carbocycles. The molecule has 0 aromatic rings. The summed E-state index contributed by atoms with van der Waals surface area (Å²) in [6, 6.07) is 0. The molecule has 0 aliphatic rings. The first kappa shape index (κ1) is 22.0. The first-order chi connectivity index (χ1) is 9.20. The zero-order valence-corrected chi connectivity index (χ0v) is 13.5. The van der Waals surface area contributed by atoms with Crippen LogP contribution in [0.2, 0.25) is 0 Å². The molecular weight excluding hydrogens is 249 g/mol. The number of esters is 2. The van der Waals surface area contributed by atoms with Gasteiger partial charge < -0.3 is 10.1 Å². The third-order valence-corrected chi connectivity index (χ3v) is 3.03. The van der Waals surface area contributed by atoms with Gasteiger partial charge in [0.2, 0.25) is 0 Å². The SMILES string of the molecule is CCCCCCCCCCCC(=O)OC(=O)CNC.[Li]. The van der Waals surface area contributed by atoms with E-state index in [1.165, 1.54) is 44.9 Å². The minimum atomic E-state index is -0.497. The van der Waals surface area contributed by atoms with Gasteiger partial charge >= 0.3 is 11.9 Å². The molecule has 0 aromatic carbocycles. The van der Waals surface area contributed by atoms with Crippen LogP contribution in [-0.4, -0.2) is 44.4 Å². The third-order valence-electron chi connectivity index (χ3n) is 3.03. The molecule has 20 heavy (non-hydrogen) atoms. The van der Waals surface area contributed by atoms with E-state index in [0.717, 1.165) is 12.8 Å². The molecule has 0 fully saturated rings. The molecular formula is C15H29LiNO3. The quantitative estimate of drug-likeness (QED) is 0.258. The second-order valence-electron chi connectivity index (χ2n) is 4.95. The van der Waals surface area contributed by atoms with E-state index >= 15 is 0 Å². The maximum atomic E-state index is 11.3. The van der Waals surface area contributed by atoms with E-state index in [1.54, 1.807) is 7.05 Å². The van der Waals surface area contributed by atoms with Crippen LogP contribution in [0.1, 0.15) is 71.1 Å². The molecule has 0 unspecified atom stereocenters. The van der Waals surface area contributed by atoms with Crippen molar-refractivity contribution in [2.24, 2.45) is 0 Å². The number of rotatable bonds is 12. The summed E-state index contributed by atoms with van der Waals surface area (Å²) in [5.74, 6) is -0.897. The van der Waals surface area contributed by atoms with E-state index in [2.05, 4.69) is 17.0 Å². The Bertz CT molecular complexity index is 247. The van der Waals surface area contributed by atoms with Crippen LogP contribution < -0.4 is 5.32 Å². The van der Waals surface area contributed by atoms with Crippen molar-refractivity contribution in [1.29, 1.82) is 0 Å². The van der Waals surface area contributed by atoms with Gasteiger partial charge in [0, 0.05) is 25.3 Å². The van der Waals surface area contributed by atoms with Crippen LogP contribution in [0.25, 0.3) is 0 Å². The molecule has 5 heteroatoms. The van der Waals surface area contributed by atoms with Gasteiger partial charge in [0.1, 0.15) is 0 Å². The molecule has 4 nitrogen and oxygen atoms in total. The zero-order chi connectivity index (χ0) is 14.3. The summed E-state index contributed by atoms with van der Waals surface area (Å²) in [7, 11) is 1.65. The fourth-order valence-corrected chi connectivity index (χ4v) is 1.94. The van der Waals surface area contributed by atoms with Crippen LogP contribution in [0.15, 0.2) is 0 Å². The monoisotopic (exact) mass is 278 g/mol. The predicted molar refractivity (Wildman–Crippen MR) is 82.6 cm³/mol. The molecule has 0 amide bonds. The van der Waals surface area contributed by atoms with Crippen molar-refractivity contribution in [3.63, 3.8) is 0 Å². The fraction of sp³-hybridized carbons (Fsp3) is 0.867. The van der Waals surface area contributed by atoms with Gasteiger partial charge in [-0.3, -0.25) is 9.59 Å². The third kappa shape index (κ3) is 15.8. The summed E-state index contributed by atoms with van der Waals surface area (Å²) in [4.78, 5) is 22.3. The smallest absolute Gasteiger partial charge is 0.327 e. The zero-order valence-electron chi connectivity index (χ0n) is 13.5. The summed E-state index contributed by atoms with van der Waals surface area (Å²) in [5.41, 5.74) is 0. The molecule has 1 N–H and O–H groups in total. The first-order valence-corrected chi connectivity index (χ1v) is 7.58. The summed E-state index contributed by atoms with van der Waals surface area (Å²) in [6.45, 7) is 2.31. The van der Waals surface area contributed by atoms with E-state index < -0.39 is 11.9 Å². The fourth-order valence-electron chi connectivity index (χ4n) is 1.94. The minimum absolute atomic E-state index is 0. The maximum Gasteiger partial charge on any atom is 0.327 e. The van der Waals surface area contributed by atoms with Crippen LogP contribution in [0.5, 0.6) is 0 Å². The Hall–Kier alpha value is -0.303. The number of unbranched alkanes of at least 4 members (excludes halogenated alkanes) is 8. The second-order valence-corrected chi connectivity index (χ2v) is 4.95. The summed E-state index contributed by atoms with van der Waals surface area (Å²) < 4.78 is 4.62. The van der Waals surface area contributed by atoms with Gasteiger partial charge in [-0.1, -0.05) is 58.3 Å². The number of nitrogens with one attached hydrogen (secondary N) is 1. The molecule has 0 saturated carbocycles. The van der Waals surface area contributed by atoms with Gasteiger partial charge in [0.25, 0.3) is 0 Å². The molecule has 0 aromatic heterocycles. The van der Waals surface area contributed by atoms with Crippen molar-refractivity contribution >= 4 is 30.8 Å². The molecule has 0 atom stereocenters.